The van der Waals surface area contributed by atoms with Crippen LogP contribution < -0.4 is 4.90 Å². The number of fused-ring (bicyclic) bond motifs is 1. The molecule has 1 atom stereocenters. The van der Waals surface area contributed by atoms with Gasteiger partial charge in [-0.25, -0.2) is 4.98 Å². The van der Waals surface area contributed by atoms with Crippen molar-refractivity contribution in [3.63, 3.8) is 0 Å². The fourth-order valence-corrected chi connectivity index (χ4v) is 4.94. The second-order valence-electron chi connectivity index (χ2n) is 9.23. The van der Waals surface area contributed by atoms with Crippen LogP contribution in [-0.2, 0) is 9.59 Å². The number of amides is 1. The minimum atomic E-state index is -0.747. The van der Waals surface area contributed by atoms with Crippen molar-refractivity contribution in [2.75, 3.05) is 4.90 Å². The second kappa shape index (κ2) is 7.31. The molecule has 6 heteroatoms. The van der Waals surface area contributed by atoms with Gasteiger partial charge in [0.2, 0.25) is 0 Å². The molecule has 2 aromatic carbocycles. The van der Waals surface area contributed by atoms with Gasteiger partial charge in [0.05, 0.1) is 21.8 Å². The number of aryl methyl sites for hydroxylation is 3. The summed E-state index contributed by atoms with van der Waals surface area (Å²) < 4.78 is 0.962. The zero-order chi connectivity index (χ0) is 22.7. The van der Waals surface area contributed by atoms with Crippen molar-refractivity contribution in [3.05, 3.63) is 70.0 Å². The lowest BCUT2D eigenvalue weighted by Gasteiger charge is -2.27. The Morgan fingerprint density at radius 2 is 1.77 bits per heavy atom. The van der Waals surface area contributed by atoms with Crippen LogP contribution in [0.2, 0.25) is 0 Å². The highest BCUT2D eigenvalue weighted by Crippen LogP contribution is 2.45. The van der Waals surface area contributed by atoms with Gasteiger partial charge in [-0.2, -0.15) is 0 Å². The van der Waals surface area contributed by atoms with Crippen LogP contribution in [-0.4, -0.2) is 21.8 Å². The van der Waals surface area contributed by atoms with Crippen LogP contribution in [0.15, 0.2) is 47.7 Å². The largest absolute Gasteiger partial charge is 0.503 e. The lowest BCUT2D eigenvalue weighted by molar-refractivity contribution is -0.123. The van der Waals surface area contributed by atoms with E-state index in [0.29, 0.717) is 5.13 Å². The summed E-state index contributed by atoms with van der Waals surface area (Å²) >= 11 is 1.39. The summed E-state index contributed by atoms with van der Waals surface area (Å²) in [7, 11) is 0. The van der Waals surface area contributed by atoms with Gasteiger partial charge in [0.15, 0.2) is 16.7 Å². The first-order valence-electron chi connectivity index (χ1n) is 10.2. The Morgan fingerprint density at radius 1 is 1.10 bits per heavy atom. The van der Waals surface area contributed by atoms with Crippen LogP contribution in [0.3, 0.4) is 0 Å². The number of carbonyl (C=O) groups excluding carboxylic acids is 2. The molecule has 1 aromatic heterocycles. The van der Waals surface area contributed by atoms with E-state index in [9.17, 15) is 14.7 Å². The molecule has 1 N–H and O–H groups in total. The first-order chi connectivity index (χ1) is 14.5. The predicted octanol–water partition coefficient (Wildman–Crippen LogP) is 5.74. The van der Waals surface area contributed by atoms with Crippen LogP contribution in [0, 0.1) is 26.2 Å². The smallest absolute Gasteiger partial charge is 0.296 e. The van der Waals surface area contributed by atoms with E-state index in [1.807, 2.05) is 51.1 Å². The lowest BCUT2D eigenvalue weighted by Crippen LogP contribution is -2.32. The van der Waals surface area contributed by atoms with E-state index < -0.39 is 23.1 Å². The third-order valence-corrected chi connectivity index (χ3v) is 6.71. The van der Waals surface area contributed by atoms with Crippen LogP contribution in [0.5, 0.6) is 0 Å². The average molecular weight is 435 g/mol. The topological polar surface area (TPSA) is 70.5 Å². The molecule has 160 valence electrons. The normalized spacial score (nSPS) is 17.2. The minimum absolute atomic E-state index is 0.134. The summed E-state index contributed by atoms with van der Waals surface area (Å²) in [5.74, 6) is -1.33. The van der Waals surface area contributed by atoms with Crippen molar-refractivity contribution in [3.8, 4) is 0 Å². The quantitative estimate of drug-likeness (QED) is 0.571. The Morgan fingerprint density at radius 3 is 2.42 bits per heavy atom. The zero-order valence-corrected chi connectivity index (χ0v) is 19.4. The van der Waals surface area contributed by atoms with Gasteiger partial charge in [-0.3, -0.25) is 14.5 Å². The molecule has 5 nitrogen and oxygen atoms in total. The van der Waals surface area contributed by atoms with E-state index in [0.717, 1.165) is 32.5 Å². The molecule has 1 amide bonds. The lowest BCUT2D eigenvalue weighted by atomic mass is 9.82. The molecule has 1 unspecified atom stereocenters. The molecule has 0 aliphatic carbocycles. The standard InChI is InChI=1S/C25H26N2O3S/c1-13-8-7-9-16(10-13)20-19(22(29)25(4,5)6)21(28)23(30)27(20)24-26-17-11-14(2)15(3)12-18(17)31-24/h7-12,20,28H,1-6H3. The summed E-state index contributed by atoms with van der Waals surface area (Å²) in [4.78, 5) is 32.8. The van der Waals surface area contributed by atoms with E-state index in [1.54, 1.807) is 20.8 Å². The maximum absolute atomic E-state index is 13.3. The fraction of sp³-hybridized carbons (Fsp3) is 0.320. The monoisotopic (exact) mass is 434 g/mol. The molecule has 3 aromatic rings. The molecular formula is C25H26N2O3S. The molecule has 0 saturated carbocycles. The van der Waals surface area contributed by atoms with E-state index in [-0.39, 0.29) is 11.4 Å². The first-order valence-corrected chi connectivity index (χ1v) is 11.1. The van der Waals surface area contributed by atoms with Crippen molar-refractivity contribution in [2.24, 2.45) is 5.41 Å². The number of ketones is 1. The van der Waals surface area contributed by atoms with Crippen molar-refractivity contribution in [2.45, 2.75) is 47.6 Å². The number of aliphatic hydroxyl groups is 1. The summed E-state index contributed by atoms with van der Waals surface area (Å²) in [5, 5.41) is 11.3. The predicted molar refractivity (Wildman–Crippen MR) is 125 cm³/mol. The fourth-order valence-electron chi connectivity index (χ4n) is 3.86. The number of carbonyl (C=O) groups is 2. The van der Waals surface area contributed by atoms with Gasteiger partial charge in [0.1, 0.15) is 0 Å². The highest BCUT2D eigenvalue weighted by atomic mass is 32.1. The van der Waals surface area contributed by atoms with E-state index in [4.69, 9.17) is 4.98 Å². The molecule has 0 fully saturated rings. The van der Waals surface area contributed by atoms with Gasteiger partial charge < -0.3 is 5.11 Å². The first kappa shape index (κ1) is 21.2. The van der Waals surface area contributed by atoms with E-state index in [1.165, 1.54) is 16.2 Å². The third-order valence-electron chi connectivity index (χ3n) is 5.69. The highest BCUT2D eigenvalue weighted by molar-refractivity contribution is 7.22. The Bertz CT molecular complexity index is 1220. The highest BCUT2D eigenvalue weighted by Gasteiger charge is 2.47. The molecule has 0 bridgehead atoms. The molecule has 4 rings (SSSR count). The zero-order valence-electron chi connectivity index (χ0n) is 18.6. The number of aromatic nitrogens is 1. The van der Waals surface area contributed by atoms with Crippen LogP contribution >= 0.6 is 11.3 Å². The maximum atomic E-state index is 13.3. The number of rotatable bonds is 3. The summed E-state index contributed by atoms with van der Waals surface area (Å²) in [6, 6.07) is 11.0. The van der Waals surface area contributed by atoms with Crippen molar-refractivity contribution in [1.82, 2.24) is 4.98 Å². The van der Waals surface area contributed by atoms with Crippen molar-refractivity contribution < 1.29 is 14.7 Å². The summed E-state index contributed by atoms with van der Waals surface area (Å²) in [6.45, 7) is 11.4. The van der Waals surface area contributed by atoms with Crippen LogP contribution in [0.1, 0.15) is 49.1 Å². The molecule has 0 spiro atoms. The SMILES string of the molecule is Cc1cccc(C2C(C(=O)C(C)(C)C)=C(O)C(=O)N2c2nc3cc(C)c(C)cc3s2)c1. The van der Waals surface area contributed by atoms with Crippen molar-refractivity contribution >= 4 is 38.4 Å². The number of hydrogen-bond donors (Lipinski definition) is 1. The third kappa shape index (κ3) is 3.55. The molecule has 2 heterocycles. The molecule has 0 radical (unpaired) electrons. The summed E-state index contributed by atoms with van der Waals surface area (Å²) in [6.07, 6.45) is 0. The number of benzene rings is 2. The molecular weight excluding hydrogens is 408 g/mol. The van der Waals surface area contributed by atoms with E-state index >= 15 is 0 Å². The Kier molecular flexibility index (Phi) is 5.01. The minimum Gasteiger partial charge on any atom is -0.503 e. The number of hydrogen-bond acceptors (Lipinski definition) is 5. The van der Waals surface area contributed by atoms with Gasteiger partial charge in [0, 0.05) is 5.41 Å². The van der Waals surface area contributed by atoms with Gasteiger partial charge in [-0.15, -0.1) is 0 Å². The van der Waals surface area contributed by atoms with Gasteiger partial charge >= 0.3 is 0 Å². The Balaban J connectivity index is 1.93. The van der Waals surface area contributed by atoms with Gasteiger partial charge in [-0.1, -0.05) is 61.9 Å². The van der Waals surface area contributed by atoms with E-state index in [2.05, 4.69) is 6.07 Å². The average Bonchev–Trinajstić information content (AvgIpc) is 3.19. The number of aliphatic hydroxyl groups excluding tert-OH is 1. The number of Topliss-reactive ketones (excluding diaryl/α,β-unsaturated/α-hetero) is 1. The molecule has 1 aliphatic rings. The number of nitrogens with zero attached hydrogens (tertiary/aromatic N) is 2. The summed E-state index contributed by atoms with van der Waals surface area (Å²) in [5.41, 5.74) is 4.24. The number of anilines is 1. The molecule has 0 saturated heterocycles. The van der Waals surface area contributed by atoms with Gasteiger partial charge in [-0.05, 0) is 49.6 Å². The second-order valence-corrected chi connectivity index (χ2v) is 10.2. The maximum Gasteiger partial charge on any atom is 0.296 e. The Labute approximate surface area is 186 Å². The van der Waals surface area contributed by atoms with Gasteiger partial charge in [0.25, 0.3) is 5.91 Å². The van der Waals surface area contributed by atoms with Crippen LogP contribution in [0.25, 0.3) is 10.2 Å². The van der Waals surface area contributed by atoms with Crippen molar-refractivity contribution in [1.29, 1.82) is 0 Å². The van der Waals surface area contributed by atoms with Crippen LogP contribution in [0.4, 0.5) is 5.13 Å². The Hall–Kier alpha value is -2.99. The molecule has 1 aliphatic heterocycles. The number of thiazole rings is 1. The molecule has 31 heavy (non-hydrogen) atoms.